The van der Waals surface area contributed by atoms with Gasteiger partial charge in [0.1, 0.15) is 6.54 Å². The molecule has 1 aromatic carbocycles. The molecule has 90 valence electrons. The number of hydrogen-bond donors (Lipinski definition) is 0. The van der Waals surface area contributed by atoms with Crippen LogP contribution >= 0.6 is 11.6 Å². The van der Waals surface area contributed by atoms with E-state index in [1.807, 2.05) is 32.0 Å². The van der Waals surface area contributed by atoms with Crippen LogP contribution in [0.25, 0.3) is 0 Å². The molecule has 1 rings (SSSR count). The lowest BCUT2D eigenvalue weighted by Crippen LogP contribution is -2.38. The molecule has 0 heterocycles. The Hall–Kier alpha value is -1.53. The van der Waals surface area contributed by atoms with Crippen LogP contribution in [0.4, 0.5) is 0 Å². The van der Waals surface area contributed by atoms with Crippen molar-refractivity contribution in [2.45, 2.75) is 26.3 Å². The second kappa shape index (κ2) is 6.27. The van der Waals surface area contributed by atoms with E-state index in [0.717, 1.165) is 5.56 Å². The number of rotatable bonds is 4. The minimum atomic E-state index is -0.0520. The van der Waals surface area contributed by atoms with E-state index < -0.39 is 0 Å². The highest BCUT2D eigenvalue weighted by Crippen LogP contribution is 2.12. The van der Waals surface area contributed by atoms with Gasteiger partial charge in [-0.05, 0) is 31.5 Å². The normalized spacial score (nSPS) is 10.1. The first-order valence-electron chi connectivity index (χ1n) is 5.45. The third-order valence-electron chi connectivity index (χ3n) is 2.43. The molecule has 0 aliphatic rings. The van der Waals surface area contributed by atoms with Crippen molar-refractivity contribution in [2.24, 2.45) is 0 Å². The van der Waals surface area contributed by atoms with Crippen LogP contribution in [0.5, 0.6) is 0 Å². The molecule has 0 saturated heterocycles. The van der Waals surface area contributed by atoms with Crippen molar-refractivity contribution < 1.29 is 4.79 Å². The Morgan fingerprint density at radius 2 is 2.24 bits per heavy atom. The summed E-state index contributed by atoms with van der Waals surface area (Å²) in [4.78, 5) is 13.5. The van der Waals surface area contributed by atoms with E-state index in [1.54, 1.807) is 17.0 Å². The van der Waals surface area contributed by atoms with Crippen molar-refractivity contribution in [1.29, 1.82) is 5.26 Å². The number of nitrogens with zero attached hydrogens (tertiary/aromatic N) is 2. The molecule has 0 spiro atoms. The lowest BCUT2D eigenvalue weighted by atomic mass is 10.1. The molecule has 0 fully saturated rings. The van der Waals surface area contributed by atoms with Crippen molar-refractivity contribution in [3.8, 4) is 6.07 Å². The summed E-state index contributed by atoms with van der Waals surface area (Å²) in [5.41, 5.74) is 0.867. The van der Waals surface area contributed by atoms with Gasteiger partial charge in [0.15, 0.2) is 0 Å². The molecule has 0 aromatic heterocycles. The SMILES string of the molecule is CC(C)N(CC#N)C(=O)Cc1cccc(Cl)c1. The molecule has 0 bridgehead atoms. The van der Waals surface area contributed by atoms with E-state index in [2.05, 4.69) is 0 Å². The van der Waals surface area contributed by atoms with E-state index in [4.69, 9.17) is 16.9 Å². The number of halogens is 1. The summed E-state index contributed by atoms with van der Waals surface area (Å²) in [6, 6.07) is 9.24. The van der Waals surface area contributed by atoms with Crippen molar-refractivity contribution >= 4 is 17.5 Å². The molecule has 0 atom stereocenters. The van der Waals surface area contributed by atoms with Gasteiger partial charge in [-0.15, -0.1) is 0 Å². The van der Waals surface area contributed by atoms with Gasteiger partial charge in [0.2, 0.25) is 5.91 Å². The van der Waals surface area contributed by atoms with Crippen LogP contribution < -0.4 is 0 Å². The molecule has 0 unspecified atom stereocenters. The van der Waals surface area contributed by atoms with E-state index in [-0.39, 0.29) is 24.9 Å². The number of amides is 1. The van der Waals surface area contributed by atoms with Gasteiger partial charge in [0.05, 0.1) is 12.5 Å². The molecule has 1 aromatic rings. The first kappa shape index (κ1) is 13.5. The average molecular weight is 251 g/mol. The zero-order chi connectivity index (χ0) is 12.8. The van der Waals surface area contributed by atoms with Crippen molar-refractivity contribution in [3.05, 3.63) is 34.9 Å². The number of nitriles is 1. The van der Waals surface area contributed by atoms with Crippen molar-refractivity contribution in [1.82, 2.24) is 4.90 Å². The fourth-order valence-electron chi connectivity index (χ4n) is 1.56. The minimum absolute atomic E-state index is 0.0290. The minimum Gasteiger partial charge on any atom is -0.327 e. The van der Waals surface area contributed by atoms with Gasteiger partial charge in [-0.3, -0.25) is 4.79 Å². The Bertz CT molecular complexity index is 437. The van der Waals surface area contributed by atoms with Crippen LogP contribution in [0.15, 0.2) is 24.3 Å². The van der Waals surface area contributed by atoms with E-state index in [0.29, 0.717) is 5.02 Å². The number of carbonyl (C=O) groups excluding carboxylic acids is 1. The van der Waals surface area contributed by atoms with Gasteiger partial charge in [-0.1, -0.05) is 23.7 Å². The lowest BCUT2D eigenvalue weighted by Gasteiger charge is -2.23. The van der Waals surface area contributed by atoms with Crippen molar-refractivity contribution in [3.63, 3.8) is 0 Å². The molecular weight excluding hydrogens is 236 g/mol. The molecule has 3 nitrogen and oxygen atoms in total. The molecule has 0 saturated carbocycles. The van der Waals surface area contributed by atoms with E-state index in [1.165, 1.54) is 0 Å². The summed E-state index contributed by atoms with van der Waals surface area (Å²) in [6.07, 6.45) is 0.278. The van der Waals surface area contributed by atoms with Gasteiger partial charge in [-0.25, -0.2) is 0 Å². The maximum Gasteiger partial charge on any atom is 0.228 e. The molecule has 1 amide bonds. The van der Waals surface area contributed by atoms with Crippen LogP contribution in [0.3, 0.4) is 0 Å². The largest absolute Gasteiger partial charge is 0.327 e. The maximum atomic E-state index is 12.0. The Morgan fingerprint density at radius 1 is 1.53 bits per heavy atom. The Labute approximate surface area is 107 Å². The van der Waals surface area contributed by atoms with Gasteiger partial charge in [-0.2, -0.15) is 5.26 Å². The average Bonchev–Trinajstić information content (AvgIpc) is 2.25. The van der Waals surface area contributed by atoms with Crippen LogP contribution in [0.1, 0.15) is 19.4 Å². The maximum absolute atomic E-state index is 12.0. The third kappa shape index (κ3) is 4.08. The summed E-state index contributed by atoms with van der Waals surface area (Å²) < 4.78 is 0. The highest BCUT2D eigenvalue weighted by atomic mass is 35.5. The number of carbonyl (C=O) groups is 1. The molecule has 0 aliphatic carbocycles. The second-order valence-electron chi connectivity index (χ2n) is 4.08. The zero-order valence-corrected chi connectivity index (χ0v) is 10.7. The fourth-order valence-corrected chi connectivity index (χ4v) is 1.77. The molecule has 17 heavy (non-hydrogen) atoms. The Balaban J connectivity index is 2.74. The quantitative estimate of drug-likeness (QED) is 0.771. The van der Waals surface area contributed by atoms with Crippen molar-refractivity contribution in [2.75, 3.05) is 6.54 Å². The van der Waals surface area contributed by atoms with Crippen LogP contribution in [-0.4, -0.2) is 23.4 Å². The first-order chi connectivity index (χ1) is 8.04. The van der Waals surface area contributed by atoms with E-state index in [9.17, 15) is 4.79 Å². The molecule has 4 heteroatoms. The van der Waals surface area contributed by atoms with Crippen LogP contribution in [0.2, 0.25) is 5.02 Å². The third-order valence-corrected chi connectivity index (χ3v) is 2.66. The second-order valence-corrected chi connectivity index (χ2v) is 4.52. The van der Waals surface area contributed by atoms with Gasteiger partial charge in [0.25, 0.3) is 0 Å². The summed E-state index contributed by atoms with van der Waals surface area (Å²) in [7, 11) is 0. The highest BCUT2D eigenvalue weighted by molar-refractivity contribution is 6.30. The Kier molecular flexibility index (Phi) is 4.99. The molecule has 0 radical (unpaired) electrons. The standard InChI is InChI=1S/C13H15ClN2O/c1-10(2)16(7-6-15)13(17)9-11-4-3-5-12(14)8-11/h3-5,8,10H,7,9H2,1-2H3. The smallest absolute Gasteiger partial charge is 0.228 e. The number of hydrogen-bond acceptors (Lipinski definition) is 2. The molecule has 0 N–H and O–H groups in total. The predicted octanol–water partition coefficient (Wildman–Crippen LogP) is 2.64. The molecular formula is C13H15ClN2O. The number of benzene rings is 1. The van der Waals surface area contributed by atoms with Crippen LogP contribution in [-0.2, 0) is 11.2 Å². The topological polar surface area (TPSA) is 44.1 Å². The Morgan fingerprint density at radius 3 is 2.76 bits per heavy atom. The van der Waals surface area contributed by atoms with Gasteiger partial charge >= 0.3 is 0 Å². The monoisotopic (exact) mass is 250 g/mol. The van der Waals surface area contributed by atoms with Gasteiger partial charge in [0, 0.05) is 11.1 Å². The highest BCUT2D eigenvalue weighted by Gasteiger charge is 2.16. The predicted molar refractivity (Wildman–Crippen MR) is 67.6 cm³/mol. The lowest BCUT2D eigenvalue weighted by molar-refractivity contribution is -0.131. The summed E-state index contributed by atoms with van der Waals surface area (Å²) >= 11 is 5.85. The summed E-state index contributed by atoms with van der Waals surface area (Å²) in [6.45, 7) is 3.91. The summed E-state index contributed by atoms with van der Waals surface area (Å²) in [5, 5.41) is 9.30. The van der Waals surface area contributed by atoms with Gasteiger partial charge < -0.3 is 4.90 Å². The zero-order valence-electron chi connectivity index (χ0n) is 9.98. The fraction of sp³-hybridized carbons (Fsp3) is 0.385. The summed E-state index contributed by atoms with van der Waals surface area (Å²) in [5.74, 6) is -0.0520. The van der Waals surface area contributed by atoms with E-state index >= 15 is 0 Å². The van der Waals surface area contributed by atoms with Crippen LogP contribution in [0, 0.1) is 11.3 Å². The molecule has 0 aliphatic heterocycles. The first-order valence-corrected chi connectivity index (χ1v) is 5.83.